The molecule has 0 aliphatic heterocycles. The molecule has 3 rings (SSSR count). The second kappa shape index (κ2) is 10.3. The number of aromatic nitrogens is 1. The summed E-state index contributed by atoms with van der Waals surface area (Å²) in [6.45, 7) is 1.71. The fourth-order valence-corrected chi connectivity index (χ4v) is 2.39. The Hall–Kier alpha value is -3.26. The zero-order valence-electron chi connectivity index (χ0n) is 15.7. The van der Waals surface area contributed by atoms with Crippen LogP contribution in [-0.2, 0) is 17.9 Å². The number of carbonyl (C=O) groups is 1. The molecule has 0 saturated heterocycles. The number of rotatable bonds is 6. The van der Waals surface area contributed by atoms with Gasteiger partial charge in [0.25, 0.3) is 0 Å². The number of carboxylic acid groups (broad SMARTS) is 1. The molecule has 0 aliphatic carbocycles. The summed E-state index contributed by atoms with van der Waals surface area (Å²) in [6, 6.07) is 20.8. The van der Waals surface area contributed by atoms with E-state index in [0.29, 0.717) is 0 Å². The normalized spacial score (nSPS) is 10.8. The lowest BCUT2D eigenvalue weighted by Crippen LogP contribution is -2.21. The van der Waals surface area contributed by atoms with Gasteiger partial charge >= 0.3 is 12.1 Å². The Morgan fingerprint density at radius 2 is 1.41 bits per heavy atom. The van der Waals surface area contributed by atoms with Crippen LogP contribution in [0.1, 0.15) is 11.1 Å². The van der Waals surface area contributed by atoms with Crippen LogP contribution >= 0.6 is 0 Å². The Kier molecular flexibility index (Phi) is 7.85. The van der Waals surface area contributed by atoms with Crippen LogP contribution in [0, 0.1) is 0 Å². The maximum atomic E-state index is 10.6. The molecule has 1 heterocycles. The van der Waals surface area contributed by atoms with E-state index in [-0.39, 0.29) is 0 Å². The average Bonchev–Trinajstić information content (AvgIpc) is 3.24. The highest BCUT2D eigenvalue weighted by Gasteiger charge is 2.38. The number of alkyl halides is 3. The lowest BCUT2D eigenvalue weighted by atomic mass is 10.2. The molecule has 0 fully saturated rings. The SMILES string of the molecule is COc1ccc(CNCc2ccc(-n3cccc3)cc2)cc1.O=C(O)C(F)(F)F. The van der Waals surface area contributed by atoms with Crippen molar-refractivity contribution in [3.8, 4) is 11.4 Å². The zero-order chi connectivity index (χ0) is 21.3. The van der Waals surface area contributed by atoms with Gasteiger partial charge in [-0.15, -0.1) is 0 Å². The van der Waals surface area contributed by atoms with Gasteiger partial charge in [-0.1, -0.05) is 24.3 Å². The number of ether oxygens (including phenoxy) is 1. The molecule has 0 radical (unpaired) electrons. The predicted molar refractivity (Wildman–Crippen MR) is 103 cm³/mol. The van der Waals surface area contributed by atoms with Gasteiger partial charge in [-0.25, -0.2) is 4.79 Å². The third kappa shape index (κ3) is 7.34. The quantitative estimate of drug-likeness (QED) is 0.637. The van der Waals surface area contributed by atoms with Crippen LogP contribution in [0.3, 0.4) is 0 Å². The Bertz CT molecular complexity index is 875. The predicted octanol–water partition coefficient (Wildman–Crippen LogP) is 4.41. The minimum atomic E-state index is -5.08. The molecule has 0 spiro atoms. The van der Waals surface area contributed by atoms with Gasteiger partial charge in [-0.3, -0.25) is 0 Å². The number of halogens is 3. The van der Waals surface area contributed by atoms with Gasteiger partial charge in [0.2, 0.25) is 0 Å². The van der Waals surface area contributed by atoms with Gasteiger partial charge in [-0.05, 0) is 47.5 Å². The molecule has 2 aromatic carbocycles. The topological polar surface area (TPSA) is 63.5 Å². The third-order valence-corrected chi connectivity index (χ3v) is 3.90. The van der Waals surface area contributed by atoms with Crippen LogP contribution in [0.15, 0.2) is 73.1 Å². The van der Waals surface area contributed by atoms with Gasteiger partial charge in [0, 0.05) is 31.2 Å². The standard InChI is InChI=1S/C19H20N2O.C2HF3O2/c1-22-19-10-6-17(7-11-19)15-20-14-16-4-8-18(9-5-16)21-12-2-3-13-21;3-2(4,5)1(6)7/h2-13,20H,14-15H2,1H3;(H,6,7). The van der Waals surface area contributed by atoms with Gasteiger partial charge in [-0.2, -0.15) is 13.2 Å². The first-order valence-electron chi connectivity index (χ1n) is 8.65. The van der Waals surface area contributed by atoms with Crippen molar-refractivity contribution in [3.05, 3.63) is 84.2 Å². The highest BCUT2D eigenvalue weighted by Crippen LogP contribution is 2.13. The number of methoxy groups -OCH3 is 1. The van der Waals surface area contributed by atoms with Crippen molar-refractivity contribution in [2.24, 2.45) is 0 Å². The number of nitrogens with zero attached hydrogens (tertiary/aromatic N) is 1. The van der Waals surface area contributed by atoms with Gasteiger partial charge in [0.15, 0.2) is 0 Å². The number of benzene rings is 2. The van der Waals surface area contributed by atoms with Crippen molar-refractivity contribution in [2.75, 3.05) is 7.11 Å². The molecule has 2 N–H and O–H groups in total. The zero-order valence-corrected chi connectivity index (χ0v) is 15.7. The highest BCUT2D eigenvalue weighted by atomic mass is 19.4. The molecule has 0 amide bonds. The Balaban J connectivity index is 0.000000370. The lowest BCUT2D eigenvalue weighted by Gasteiger charge is -2.08. The molecule has 3 aromatic rings. The van der Waals surface area contributed by atoms with E-state index in [1.54, 1.807) is 7.11 Å². The van der Waals surface area contributed by atoms with Gasteiger partial charge < -0.3 is 19.7 Å². The molecule has 0 unspecified atom stereocenters. The maximum absolute atomic E-state index is 10.6. The molecule has 0 aliphatic rings. The fraction of sp³-hybridized carbons (Fsp3) is 0.190. The molecule has 0 atom stereocenters. The van der Waals surface area contributed by atoms with Crippen molar-refractivity contribution in [2.45, 2.75) is 19.3 Å². The first kappa shape index (κ1) is 22.0. The summed E-state index contributed by atoms with van der Waals surface area (Å²) in [5.41, 5.74) is 3.72. The van der Waals surface area contributed by atoms with Crippen molar-refractivity contribution in [1.82, 2.24) is 9.88 Å². The molecule has 8 heteroatoms. The van der Waals surface area contributed by atoms with Gasteiger partial charge in [0.1, 0.15) is 5.75 Å². The van der Waals surface area contributed by atoms with E-state index in [0.717, 1.165) is 18.8 Å². The number of carboxylic acids is 1. The third-order valence-electron chi connectivity index (χ3n) is 3.90. The van der Waals surface area contributed by atoms with Crippen LogP contribution in [0.25, 0.3) is 5.69 Å². The molecule has 29 heavy (non-hydrogen) atoms. The Labute approximate surface area is 166 Å². The summed E-state index contributed by atoms with van der Waals surface area (Å²) in [5.74, 6) is -1.86. The van der Waals surface area contributed by atoms with E-state index in [9.17, 15) is 13.2 Å². The Morgan fingerprint density at radius 1 is 0.966 bits per heavy atom. The fourth-order valence-electron chi connectivity index (χ4n) is 2.39. The van der Waals surface area contributed by atoms with Crippen molar-refractivity contribution in [1.29, 1.82) is 0 Å². The van der Waals surface area contributed by atoms with E-state index < -0.39 is 12.1 Å². The molecule has 0 saturated carbocycles. The van der Waals surface area contributed by atoms with Crippen LogP contribution in [-0.4, -0.2) is 28.9 Å². The average molecular weight is 406 g/mol. The molecule has 154 valence electrons. The second-order valence-electron chi connectivity index (χ2n) is 6.01. The van der Waals surface area contributed by atoms with Crippen molar-refractivity contribution < 1.29 is 27.8 Å². The van der Waals surface area contributed by atoms with E-state index in [1.165, 1.54) is 16.8 Å². The number of hydrogen-bond acceptors (Lipinski definition) is 3. The smallest absolute Gasteiger partial charge is 0.490 e. The lowest BCUT2D eigenvalue weighted by molar-refractivity contribution is -0.192. The van der Waals surface area contributed by atoms with E-state index in [1.807, 2.05) is 24.3 Å². The number of nitrogens with one attached hydrogen (secondary N) is 1. The minimum Gasteiger partial charge on any atom is -0.497 e. The molecular weight excluding hydrogens is 385 g/mol. The van der Waals surface area contributed by atoms with Crippen LogP contribution < -0.4 is 10.1 Å². The molecule has 1 aromatic heterocycles. The van der Waals surface area contributed by atoms with Crippen LogP contribution in [0.5, 0.6) is 5.75 Å². The summed E-state index contributed by atoms with van der Waals surface area (Å²) in [4.78, 5) is 8.90. The van der Waals surface area contributed by atoms with Crippen LogP contribution in [0.2, 0.25) is 0 Å². The summed E-state index contributed by atoms with van der Waals surface area (Å²) >= 11 is 0. The first-order valence-corrected chi connectivity index (χ1v) is 8.65. The van der Waals surface area contributed by atoms with E-state index in [2.05, 4.69) is 58.7 Å². The van der Waals surface area contributed by atoms with E-state index >= 15 is 0 Å². The van der Waals surface area contributed by atoms with Gasteiger partial charge in [0.05, 0.1) is 7.11 Å². The largest absolute Gasteiger partial charge is 0.497 e. The maximum Gasteiger partial charge on any atom is 0.490 e. The monoisotopic (exact) mass is 406 g/mol. The summed E-state index contributed by atoms with van der Waals surface area (Å²) in [5, 5.41) is 10.6. The minimum absolute atomic E-state index is 0.851. The van der Waals surface area contributed by atoms with Crippen molar-refractivity contribution in [3.63, 3.8) is 0 Å². The molecule has 0 bridgehead atoms. The molecular formula is C21H21F3N2O3. The highest BCUT2D eigenvalue weighted by molar-refractivity contribution is 5.73. The number of aliphatic carboxylic acids is 1. The Morgan fingerprint density at radius 3 is 1.83 bits per heavy atom. The van der Waals surface area contributed by atoms with Crippen LogP contribution in [0.4, 0.5) is 13.2 Å². The van der Waals surface area contributed by atoms with Crippen molar-refractivity contribution >= 4 is 5.97 Å². The summed E-state index contributed by atoms with van der Waals surface area (Å²) in [6.07, 6.45) is -0.978. The first-order chi connectivity index (χ1) is 13.8. The second-order valence-corrected chi connectivity index (χ2v) is 6.01. The molecule has 5 nitrogen and oxygen atoms in total. The summed E-state index contributed by atoms with van der Waals surface area (Å²) in [7, 11) is 1.69. The summed E-state index contributed by atoms with van der Waals surface area (Å²) < 4.78 is 39.0. The van der Waals surface area contributed by atoms with E-state index in [4.69, 9.17) is 14.6 Å². The number of hydrogen-bond donors (Lipinski definition) is 2.